The number of benzene rings is 2. The Hall–Kier alpha value is -2.09. The molecule has 0 radical (unpaired) electrons. The molecule has 0 aliphatic rings. The van der Waals surface area contributed by atoms with E-state index in [1.54, 1.807) is 44.3 Å². The normalized spacial score (nSPS) is 12.5. The van der Waals surface area contributed by atoms with E-state index in [1.165, 1.54) is 17.0 Å². The number of anilines is 1. The van der Waals surface area contributed by atoms with Gasteiger partial charge in [-0.05, 0) is 49.7 Å². The van der Waals surface area contributed by atoms with Crippen LogP contribution in [0.15, 0.2) is 47.4 Å². The summed E-state index contributed by atoms with van der Waals surface area (Å²) in [5.74, 6) is -0.290. The average molecular weight is 396 g/mol. The van der Waals surface area contributed by atoms with Crippen molar-refractivity contribution in [3.63, 3.8) is 0 Å². The highest BCUT2D eigenvalue weighted by atomic mass is 35.5. The molecule has 2 rings (SSSR count). The van der Waals surface area contributed by atoms with E-state index in [0.717, 1.165) is 0 Å². The van der Waals surface area contributed by atoms with Crippen LogP contribution in [0.3, 0.4) is 0 Å². The van der Waals surface area contributed by atoms with Gasteiger partial charge in [-0.1, -0.05) is 23.7 Å². The van der Waals surface area contributed by atoms with Crippen molar-refractivity contribution in [2.24, 2.45) is 5.73 Å². The molecular weight excluding hydrogens is 374 g/mol. The summed E-state index contributed by atoms with van der Waals surface area (Å²) >= 11 is 5.90. The van der Waals surface area contributed by atoms with Crippen molar-refractivity contribution < 1.29 is 13.2 Å². The maximum Gasteiger partial charge on any atom is 0.262 e. The lowest BCUT2D eigenvalue weighted by atomic mass is 10.1. The molecule has 1 unspecified atom stereocenters. The molecule has 8 heteroatoms. The zero-order chi connectivity index (χ0) is 19.5. The third-order valence-corrected chi connectivity index (χ3v) is 5.88. The van der Waals surface area contributed by atoms with Crippen molar-refractivity contribution in [3.8, 4) is 0 Å². The van der Waals surface area contributed by atoms with Crippen molar-refractivity contribution in [2.75, 3.05) is 18.3 Å². The molecule has 0 aromatic heterocycles. The predicted octanol–water partition coefficient (Wildman–Crippen LogP) is 2.87. The molecule has 0 fully saturated rings. The van der Waals surface area contributed by atoms with Crippen molar-refractivity contribution in [1.82, 2.24) is 4.90 Å². The zero-order valence-electron chi connectivity index (χ0n) is 14.9. The number of aryl methyl sites for hydroxylation is 1. The molecule has 3 N–H and O–H groups in total. The summed E-state index contributed by atoms with van der Waals surface area (Å²) in [5.41, 5.74) is 6.76. The Morgan fingerprint density at radius 1 is 1.27 bits per heavy atom. The average Bonchev–Trinajstić information content (AvgIpc) is 2.59. The van der Waals surface area contributed by atoms with Gasteiger partial charge in [0.25, 0.3) is 15.9 Å². The first-order valence-electron chi connectivity index (χ1n) is 8.02. The van der Waals surface area contributed by atoms with Gasteiger partial charge in [0.15, 0.2) is 0 Å². The lowest BCUT2D eigenvalue weighted by Crippen LogP contribution is -2.39. The minimum atomic E-state index is -3.87. The molecule has 0 bridgehead atoms. The molecule has 0 saturated heterocycles. The van der Waals surface area contributed by atoms with Crippen molar-refractivity contribution >= 4 is 33.2 Å². The first-order valence-corrected chi connectivity index (χ1v) is 9.88. The van der Waals surface area contributed by atoms with Crippen molar-refractivity contribution in [2.45, 2.75) is 24.8 Å². The Kier molecular flexibility index (Phi) is 6.28. The number of likely N-dealkylation sites (N-methyl/N-ethyl adjacent to an activating group) is 1. The van der Waals surface area contributed by atoms with Gasteiger partial charge in [-0.25, -0.2) is 8.42 Å². The standard InChI is InChI=1S/C18H22ClN3O3S/c1-12-7-8-14(18(23)22(3)13(2)11-20)9-17(12)26(24,25)21-16-6-4-5-15(19)10-16/h4-10,13,21H,11,20H2,1-3H3. The summed E-state index contributed by atoms with van der Waals surface area (Å²) in [4.78, 5) is 14.1. The molecule has 0 saturated carbocycles. The lowest BCUT2D eigenvalue weighted by molar-refractivity contribution is 0.0748. The van der Waals surface area contributed by atoms with Crippen molar-refractivity contribution in [3.05, 3.63) is 58.6 Å². The zero-order valence-corrected chi connectivity index (χ0v) is 16.4. The number of nitrogens with two attached hydrogens (primary N) is 1. The quantitative estimate of drug-likeness (QED) is 0.786. The Morgan fingerprint density at radius 2 is 1.96 bits per heavy atom. The smallest absolute Gasteiger partial charge is 0.262 e. The molecular formula is C18H22ClN3O3S. The summed E-state index contributed by atoms with van der Waals surface area (Å²) in [5, 5.41) is 0.420. The number of amides is 1. The third kappa shape index (κ3) is 4.55. The molecule has 1 amide bonds. The molecule has 140 valence electrons. The minimum absolute atomic E-state index is 0.0390. The van der Waals surface area contributed by atoms with Crippen LogP contribution in [0.1, 0.15) is 22.8 Å². The topological polar surface area (TPSA) is 92.5 Å². The van der Waals surface area contributed by atoms with Gasteiger partial charge >= 0.3 is 0 Å². The van der Waals surface area contributed by atoms with Crippen LogP contribution in [0.5, 0.6) is 0 Å². The first kappa shape index (κ1) is 20.2. The van der Waals surface area contributed by atoms with Crippen LogP contribution in [0.4, 0.5) is 5.69 Å². The third-order valence-electron chi connectivity index (χ3n) is 4.12. The molecule has 26 heavy (non-hydrogen) atoms. The maximum atomic E-state index is 12.8. The minimum Gasteiger partial charge on any atom is -0.338 e. The van der Waals surface area contributed by atoms with Crippen LogP contribution in [0, 0.1) is 6.92 Å². The molecule has 6 nitrogen and oxygen atoms in total. The highest BCUT2D eigenvalue weighted by Crippen LogP contribution is 2.23. The van der Waals surface area contributed by atoms with E-state index in [0.29, 0.717) is 22.8 Å². The fourth-order valence-electron chi connectivity index (χ4n) is 2.35. The Morgan fingerprint density at radius 3 is 2.58 bits per heavy atom. The van der Waals surface area contributed by atoms with Gasteiger partial charge in [0.2, 0.25) is 0 Å². The molecule has 1 atom stereocenters. The van der Waals surface area contributed by atoms with E-state index < -0.39 is 10.0 Å². The number of halogens is 1. The number of sulfonamides is 1. The molecule has 0 heterocycles. The van der Waals surface area contributed by atoms with Gasteiger partial charge in [0, 0.05) is 30.2 Å². The monoisotopic (exact) mass is 395 g/mol. The highest BCUT2D eigenvalue weighted by Gasteiger charge is 2.22. The van der Waals surface area contributed by atoms with Crippen LogP contribution in [-0.4, -0.2) is 38.9 Å². The Labute approximate surface area is 159 Å². The van der Waals surface area contributed by atoms with Crippen molar-refractivity contribution in [1.29, 1.82) is 0 Å². The lowest BCUT2D eigenvalue weighted by Gasteiger charge is -2.24. The van der Waals surface area contributed by atoms with Gasteiger partial charge in [-0.3, -0.25) is 9.52 Å². The number of rotatable bonds is 6. The molecule has 0 aliphatic carbocycles. The second-order valence-corrected chi connectivity index (χ2v) is 8.18. The van der Waals surface area contributed by atoms with Gasteiger partial charge in [0.1, 0.15) is 0 Å². The first-order chi connectivity index (χ1) is 12.2. The SMILES string of the molecule is Cc1ccc(C(=O)N(C)C(C)CN)cc1S(=O)(=O)Nc1cccc(Cl)c1. The number of nitrogens with one attached hydrogen (secondary N) is 1. The summed E-state index contributed by atoms with van der Waals surface area (Å²) in [6.07, 6.45) is 0. The van der Waals surface area contributed by atoms with Crippen LogP contribution < -0.4 is 10.5 Å². The second kappa shape index (κ2) is 8.07. The molecule has 0 spiro atoms. The molecule has 2 aromatic carbocycles. The fraction of sp³-hybridized carbons (Fsp3) is 0.278. The van der Waals surface area contributed by atoms with E-state index in [-0.39, 0.29) is 22.4 Å². The van der Waals surface area contributed by atoms with Gasteiger partial charge in [-0.2, -0.15) is 0 Å². The van der Waals surface area contributed by atoms with E-state index >= 15 is 0 Å². The molecule has 0 aliphatic heterocycles. The fourth-order valence-corrected chi connectivity index (χ4v) is 3.86. The van der Waals surface area contributed by atoms with E-state index in [9.17, 15) is 13.2 Å². The predicted molar refractivity (Wildman–Crippen MR) is 104 cm³/mol. The number of carbonyl (C=O) groups excluding carboxylic acids is 1. The van der Waals surface area contributed by atoms with Gasteiger partial charge in [-0.15, -0.1) is 0 Å². The summed E-state index contributed by atoms with van der Waals surface area (Å²) < 4.78 is 28.0. The van der Waals surface area contributed by atoms with Crippen LogP contribution in [0.2, 0.25) is 5.02 Å². The number of carbonyl (C=O) groups is 1. The summed E-state index contributed by atoms with van der Waals surface area (Å²) in [7, 11) is -2.24. The van der Waals surface area contributed by atoms with Gasteiger partial charge < -0.3 is 10.6 Å². The van der Waals surface area contributed by atoms with E-state index in [4.69, 9.17) is 17.3 Å². The maximum absolute atomic E-state index is 12.8. The van der Waals surface area contributed by atoms with E-state index in [1.807, 2.05) is 6.92 Å². The highest BCUT2D eigenvalue weighted by molar-refractivity contribution is 7.92. The Balaban J connectivity index is 2.38. The number of hydrogen-bond donors (Lipinski definition) is 2. The van der Waals surface area contributed by atoms with Crippen LogP contribution in [-0.2, 0) is 10.0 Å². The second-order valence-electron chi connectivity index (χ2n) is 6.10. The van der Waals surface area contributed by atoms with Crippen LogP contribution in [0.25, 0.3) is 0 Å². The largest absolute Gasteiger partial charge is 0.338 e. The summed E-state index contributed by atoms with van der Waals surface area (Å²) in [6, 6.07) is 10.9. The molecule has 2 aromatic rings. The van der Waals surface area contributed by atoms with Crippen LogP contribution >= 0.6 is 11.6 Å². The Bertz CT molecular complexity index is 916. The number of hydrogen-bond acceptors (Lipinski definition) is 4. The number of nitrogens with zero attached hydrogens (tertiary/aromatic N) is 1. The van der Waals surface area contributed by atoms with Gasteiger partial charge in [0.05, 0.1) is 10.6 Å². The summed E-state index contributed by atoms with van der Waals surface area (Å²) in [6.45, 7) is 3.81. The van der Waals surface area contributed by atoms with E-state index in [2.05, 4.69) is 4.72 Å².